The van der Waals surface area contributed by atoms with Crippen molar-refractivity contribution in [1.82, 2.24) is 0 Å². The van der Waals surface area contributed by atoms with Gasteiger partial charge in [0.25, 0.3) is 0 Å². The van der Waals surface area contributed by atoms with Crippen LogP contribution in [0.5, 0.6) is 0 Å². The first-order valence-electron chi connectivity index (χ1n) is 27.8. The lowest BCUT2D eigenvalue weighted by Gasteiger charge is -2.61. The molecule has 0 radical (unpaired) electrons. The van der Waals surface area contributed by atoms with E-state index in [-0.39, 0.29) is 0 Å². The Hall–Kier alpha value is -0.771. The fraction of sp³-hybridized carbons (Fsp3) is 0.586. The van der Waals surface area contributed by atoms with Gasteiger partial charge in [-0.2, -0.15) is 0 Å². The van der Waals surface area contributed by atoms with Crippen molar-refractivity contribution in [3.8, 4) is 0 Å². The van der Waals surface area contributed by atoms with E-state index in [4.69, 9.17) is 23.2 Å². The summed E-state index contributed by atoms with van der Waals surface area (Å²) < 4.78 is 8.47. The molecule has 8 rings (SSSR count). The molecular weight excluding hydrogens is 1080 g/mol. The molecule has 72 heavy (non-hydrogen) atoms. The van der Waals surface area contributed by atoms with Gasteiger partial charge >= 0.3 is 0 Å². The molecule has 4 aromatic rings. The monoisotopic (exact) mass is 1170 g/mol. The van der Waals surface area contributed by atoms with Crippen LogP contribution in [0.15, 0.2) is 109 Å². The maximum absolute atomic E-state index is 6.47. The van der Waals surface area contributed by atoms with Gasteiger partial charge in [0.05, 0.1) is 11.3 Å². The van der Waals surface area contributed by atoms with Gasteiger partial charge in [0.1, 0.15) is 0 Å². The Morgan fingerprint density at radius 1 is 0.319 bits per heavy atom. The summed E-state index contributed by atoms with van der Waals surface area (Å²) in [6.45, 7) is 66.1. The van der Waals surface area contributed by atoms with Crippen LogP contribution in [0.3, 0.4) is 0 Å². The Labute approximate surface area is 462 Å². The van der Waals surface area contributed by atoms with Gasteiger partial charge in [0.15, 0.2) is 16.5 Å². The normalized spacial score (nSPS) is 23.2. The van der Waals surface area contributed by atoms with Crippen molar-refractivity contribution in [2.75, 3.05) is 9.13 Å². The third-order valence-electron chi connectivity index (χ3n) is 21.0. The lowest BCUT2D eigenvalue weighted by Crippen LogP contribution is -2.73. The van der Waals surface area contributed by atoms with Gasteiger partial charge in [-0.25, -0.2) is 0 Å². The summed E-state index contributed by atoms with van der Waals surface area (Å²) in [7, 11) is -16.9. The fourth-order valence-electron chi connectivity index (χ4n) is 20.6. The Morgan fingerprint density at radius 2 is 0.514 bits per heavy atom. The van der Waals surface area contributed by atoms with Crippen LogP contribution in [0.4, 0.5) is 11.4 Å². The van der Waals surface area contributed by atoms with E-state index in [1.807, 2.05) is 0 Å². The van der Waals surface area contributed by atoms with Crippen LogP contribution in [-0.2, 0) is 0 Å². The van der Waals surface area contributed by atoms with Crippen molar-refractivity contribution < 1.29 is 0 Å². The second kappa shape index (κ2) is 18.4. The highest BCUT2D eigenvalue weighted by Gasteiger charge is 2.94. The number of halogens is 2. The quantitative estimate of drug-likeness (QED) is 0.103. The Kier molecular flexibility index (Phi) is 15.1. The minimum atomic E-state index is -2.11. The average molecular weight is 1180 g/mol. The summed E-state index contributed by atoms with van der Waals surface area (Å²) in [5, 5.41) is 1.72. The molecule has 14 heteroatoms. The number of rotatable bonds is 12. The van der Waals surface area contributed by atoms with Gasteiger partial charge in [0, 0.05) is 86.0 Å². The van der Waals surface area contributed by atoms with Crippen LogP contribution in [-0.4, -0.2) is 81.1 Å². The summed E-state index contributed by atoms with van der Waals surface area (Å²) in [4.78, 5) is 0. The minimum absolute atomic E-state index is 0.549. The second-order valence-electron chi connectivity index (χ2n) is 31.5. The molecule has 4 aliphatic heterocycles. The molecule has 0 saturated carbocycles. The Morgan fingerprint density at radius 3 is 0.694 bits per heavy atom. The van der Waals surface area contributed by atoms with Gasteiger partial charge in [-0.1, -0.05) is 267 Å². The number of hydrogen-bond acceptors (Lipinski definition) is 2. The first-order valence-corrected chi connectivity index (χ1v) is 60.6. The lowest BCUT2D eigenvalue weighted by molar-refractivity contribution is 0.763. The smallest absolute Gasteiger partial charge is 0.184 e. The second-order valence-corrected chi connectivity index (χ2v) is 89.7. The molecular formula is C58H100Cl2N2Si10. The van der Waals surface area contributed by atoms with Crippen LogP contribution in [0.2, 0.25) is 184 Å². The summed E-state index contributed by atoms with van der Waals surface area (Å²) in [6.07, 6.45) is 5.92. The van der Waals surface area contributed by atoms with E-state index >= 15 is 0 Å². The van der Waals surface area contributed by atoms with E-state index in [9.17, 15) is 0 Å². The van der Waals surface area contributed by atoms with E-state index in [1.54, 1.807) is 11.1 Å². The summed E-state index contributed by atoms with van der Waals surface area (Å²) >= 11 is 12.9. The molecule has 0 aliphatic carbocycles. The summed E-state index contributed by atoms with van der Waals surface area (Å²) in [5.41, 5.74) is 7.20. The molecule has 2 spiro atoms. The molecule has 2 atom stereocenters. The molecule has 4 aliphatic rings. The van der Waals surface area contributed by atoms with E-state index in [1.165, 1.54) is 37.1 Å². The van der Waals surface area contributed by atoms with Crippen molar-refractivity contribution in [2.45, 2.75) is 211 Å². The van der Waals surface area contributed by atoms with Gasteiger partial charge in [-0.3, -0.25) is 0 Å². The van der Waals surface area contributed by atoms with Crippen LogP contribution in [0.1, 0.15) is 48.1 Å². The number of hydrogen-bond donors (Lipinski definition) is 0. The van der Waals surface area contributed by atoms with Crippen LogP contribution in [0.25, 0.3) is 0 Å². The standard InChI is InChI=1S/2C29H50ClNSi5/c2*1-32(2,3)28(33(4,5)6)22-23-29(34(7,8)9,35(10,11)12)36(28)27(24-18-20-25(30)21-19-24)31(36)26-16-14-13-15-17-26/h2*13-21,27H,22-23H2,1-12H3/t2*27-,31?/m00/s1. The Balaban J connectivity index is 0.000000211. The van der Waals surface area contributed by atoms with Crippen LogP contribution >= 0.6 is 23.2 Å². The zero-order valence-corrected chi connectivity index (χ0v) is 61.5. The maximum Gasteiger partial charge on any atom is 0.184 e. The number of benzene rings is 4. The van der Waals surface area contributed by atoms with Crippen molar-refractivity contribution in [1.29, 1.82) is 0 Å². The fourth-order valence-corrected chi connectivity index (χ4v) is 127. The highest BCUT2D eigenvalue weighted by atomic mass is 35.5. The zero-order chi connectivity index (χ0) is 54.3. The summed E-state index contributed by atoms with van der Waals surface area (Å²) in [6, 6.07) is 41.4. The van der Waals surface area contributed by atoms with Crippen molar-refractivity contribution in [3.05, 3.63) is 130 Å². The first-order chi connectivity index (χ1) is 32.6. The predicted octanol–water partition coefficient (Wildman–Crippen LogP) is 20.3. The number of nitrogens with zero attached hydrogens (tertiary/aromatic N) is 2. The molecule has 2 nitrogen and oxygen atoms in total. The average Bonchev–Trinajstić information content (AvgIpc) is 3.97. The number of para-hydroxylation sites is 2. The number of anilines is 2. The van der Waals surface area contributed by atoms with Crippen molar-refractivity contribution >= 4 is 116 Å². The van der Waals surface area contributed by atoms with Gasteiger partial charge in [0.2, 0.25) is 0 Å². The molecule has 0 amide bonds. The minimum Gasteiger partial charge on any atom is -0.389 e. The molecule has 0 unspecified atom stereocenters. The third-order valence-corrected chi connectivity index (χ3v) is 100. The molecule has 4 saturated heterocycles. The molecule has 0 bridgehead atoms. The summed E-state index contributed by atoms with van der Waals surface area (Å²) in [5.74, 6) is 0. The van der Waals surface area contributed by atoms with Gasteiger partial charge in [-0.15, -0.1) is 0 Å². The van der Waals surface area contributed by atoms with Gasteiger partial charge in [-0.05, 0) is 76.8 Å². The van der Waals surface area contributed by atoms with E-state index in [2.05, 4.69) is 275 Å². The highest BCUT2D eigenvalue weighted by Crippen LogP contribution is 2.88. The predicted molar refractivity (Wildman–Crippen MR) is 354 cm³/mol. The molecule has 4 heterocycles. The van der Waals surface area contributed by atoms with Crippen LogP contribution in [0, 0.1) is 0 Å². The van der Waals surface area contributed by atoms with Crippen molar-refractivity contribution in [3.63, 3.8) is 0 Å². The van der Waals surface area contributed by atoms with Gasteiger partial charge < -0.3 is 9.13 Å². The largest absolute Gasteiger partial charge is 0.389 e. The Bertz CT molecular complexity index is 2250. The zero-order valence-electron chi connectivity index (χ0n) is 50.0. The molecule has 0 N–H and O–H groups in total. The van der Waals surface area contributed by atoms with Crippen molar-refractivity contribution in [2.24, 2.45) is 0 Å². The lowest BCUT2D eigenvalue weighted by atomic mass is 10.2. The topological polar surface area (TPSA) is 6.02 Å². The maximum atomic E-state index is 6.47. The molecule has 396 valence electrons. The van der Waals surface area contributed by atoms with E-state index in [0.29, 0.717) is 28.5 Å². The van der Waals surface area contributed by atoms with E-state index in [0.717, 1.165) is 10.0 Å². The SMILES string of the molecule is C[Si](C)(C)C1([Si](C)(C)C)CCC([Si](C)(C)C)([Si](C)(C)C)[Si]12[C@@H](c1ccc(Cl)cc1)N2c1ccccc1.C[Si](C)(C)C1([Si](C)(C)C)CCC([Si](C)(C)C)([Si](C)(C)C)[Si]12[C@@H](c1ccc(Cl)cc1)N2c1ccccc1. The molecule has 0 aromatic heterocycles. The highest BCUT2D eigenvalue weighted by molar-refractivity contribution is 7.33. The molecule has 4 fully saturated rings. The van der Waals surface area contributed by atoms with Crippen LogP contribution < -0.4 is 9.13 Å². The first kappa shape index (κ1) is 58.9. The van der Waals surface area contributed by atoms with E-state index < -0.39 is 81.1 Å². The molecule has 4 aromatic carbocycles. The third kappa shape index (κ3) is 7.96.